The third-order valence-corrected chi connectivity index (χ3v) is 4.30. The second kappa shape index (κ2) is 6.15. The minimum Gasteiger partial charge on any atom is -0.361 e. The molecule has 4 nitrogen and oxygen atoms in total. The summed E-state index contributed by atoms with van der Waals surface area (Å²) in [5.74, 6) is 0.643. The van der Waals surface area contributed by atoms with E-state index in [2.05, 4.69) is 10.5 Å². The van der Waals surface area contributed by atoms with Gasteiger partial charge in [0.2, 0.25) is 0 Å². The van der Waals surface area contributed by atoms with Gasteiger partial charge < -0.3 is 9.84 Å². The summed E-state index contributed by atoms with van der Waals surface area (Å²) in [6.45, 7) is 4.22. The van der Waals surface area contributed by atoms with Gasteiger partial charge in [-0.25, -0.2) is 0 Å². The van der Waals surface area contributed by atoms with E-state index in [4.69, 9.17) is 4.52 Å². The van der Waals surface area contributed by atoms with E-state index in [1.165, 1.54) is 0 Å². The molecule has 0 fully saturated rings. The van der Waals surface area contributed by atoms with Crippen LogP contribution in [0, 0.1) is 13.8 Å². The first-order valence-electron chi connectivity index (χ1n) is 6.99. The maximum Gasteiger partial charge on any atom is 0.253 e. The molecule has 1 N–H and O–H groups in total. The summed E-state index contributed by atoms with van der Waals surface area (Å²) in [6.07, 6.45) is 0. The van der Waals surface area contributed by atoms with Gasteiger partial charge in [-0.1, -0.05) is 35.5 Å². The third kappa shape index (κ3) is 2.94. The van der Waals surface area contributed by atoms with Crippen LogP contribution in [0.1, 0.15) is 26.7 Å². The number of carbonyl (C=O) groups is 1. The summed E-state index contributed by atoms with van der Waals surface area (Å²) in [6, 6.07) is 11.8. The quantitative estimate of drug-likeness (QED) is 0.793. The fraction of sp³-hybridized carbons (Fsp3) is 0.176. The zero-order valence-corrected chi connectivity index (χ0v) is 13.2. The molecule has 5 heteroatoms. The largest absolute Gasteiger partial charge is 0.361 e. The first kappa shape index (κ1) is 14.5. The minimum absolute atomic E-state index is 0.0937. The van der Waals surface area contributed by atoms with E-state index < -0.39 is 0 Å². The van der Waals surface area contributed by atoms with Crippen molar-refractivity contribution < 1.29 is 9.32 Å². The van der Waals surface area contributed by atoms with E-state index in [1.54, 1.807) is 11.3 Å². The number of hydrogen-bond donors (Lipinski definition) is 1. The lowest BCUT2D eigenvalue weighted by molar-refractivity contribution is 0.0951. The zero-order chi connectivity index (χ0) is 15.5. The van der Waals surface area contributed by atoms with E-state index in [1.807, 2.05) is 55.6 Å². The van der Waals surface area contributed by atoms with E-state index in [0.717, 1.165) is 27.5 Å². The highest BCUT2D eigenvalue weighted by atomic mass is 32.1. The highest BCUT2D eigenvalue weighted by Gasteiger charge is 2.17. The molecule has 1 amide bonds. The maximum atomic E-state index is 12.5. The van der Waals surface area contributed by atoms with Crippen molar-refractivity contribution in [3.05, 3.63) is 63.7 Å². The number of amides is 1. The van der Waals surface area contributed by atoms with Gasteiger partial charge in [-0.2, -0.15) is 0 Å². The van der Waals surface area contributed by atoms with Crippen LogP contribution in [0.3, 0.4) is 0 Å². The minimum atomic E-state index is -0.0937. The van der Waals surface area contributed by atoms with Gasteiger partial charge in [0, 0.05) is 21.9 Å². The lowest BCUT2D eigenvalue weighted by atomic mass is 10.0. The van der Waals surface area contributed by atoms with Crippen molar-refractivity contribution in [1.82, 2.24) is 10.5 Å². The number of thiophene rings is 1. The van der Waals surface area contributed by atoms with Gasteiger partial charge in [-0.3, -0.25) is 4.79 Å². The van der Waals surface area contributed by atoms with Crippen molar-refractivity contribution in [1.29, 1.82) is 0 Å². The molecule has 3 rings (SSSR count). The van der Waals surface area contributed by atoms with E-state index in [0.29, 0.717) is 12.1 Å². The first-order chi connectivity index (χ1) is 10.6. The molecular formula is C17H16N2O2S. The molecule has 0 aliphatic heterocycles. The van der Waals surface area contributed by atoms with E-state index in [9.17, 15) is 4.79 Å². The Labute approximate surface area is 132 Å². The maximum absolute atomic E-state index is 12.5. The van der Waals surface area contributed by atoms with Crippen molar-refractivity contribution >= 4 is 17.2 Å². The van der Waals surface area contributed by atoms with Crippen LogP contribution < -0.4 is 5.32 Å². The molecule has 0 unspecified atom stereocenters. The highest BCUT2D eigenvalue weighted by molar-refractivity contribution is 7.10. The Balaban J connectivity index is 1.81. The zero-order valence-electron chi connectivity index (χ0n) is 12.4. The number of rotatable bonds is 4. The van der Waals surface area contributed by atoms with Crippen LogP contribution in [-0.4, -0.2) is 11.1 Å². The second-order valence-electron chi connectivity index (χ2n) is 5.06. The van der Waals surface area contributed by atoms with Crippen molar-refractivity contribution in [2.75, 3.05) is 0 Å². The number of nitrogens with one attached hydrogen (secondary N) is 1. The summed E-state index contributed by atoms with van der Waals surface area (Å²) < 4.78 is 5.00. The van der Waals surface area contributed by atoms with Gasteiger partial charge >= 0.3 is 0 Å². The predicted octanol–water partition coefficient (Wildman–Crippen LogP) is 3.95. The van der Waals surface area contributed by atoms with Gasteiger partial charge in [0.25, 0.3) is 5.91 Å². The van der Waals surface area contributed by atoms with Crippen LogP contribution in [0.15, 0.2) is 46.3 Å². The van der Waals surface area contributed by atoms with Gasteiger partial charge in [0.05, 0.1) is 12.1 Å². The number of nitrogens with zero attached hydrogens (tertiary/aromatic N) is 1. The molecule has 2 heterocycles. The number of aryl methyl sites for hydroxylation is 2. The highest BCUT2D eigenvalue weighted by Crippen LogP contribution is 2.32. The van der Waals surface area contributed by atoms with Gasteiger partial charge in [-0.05, 0) is 19.4 Å². The predicted molar refractivity (Wildman–Crippen MR) is 86.9 cm³/mol. The topological polar surface area (TPSA) is 55.1 Å². The number of carbonyl (C=O) groups excluding carboxylic acids is 1. The summed E-state index contributed by atoms with van der Waals surface area (Å²) in [5.41, 5.74) is 3.48. The van der Waals surface area contributed by atoms with Crippen LogP contribution in [-0.2, 0) is 6.54 Å². The molecule has 0 saturated heterocycles. The van der Waals surface area contributed by atoms with Crippen molar-refractivity contribution in [2.45, 2.75) is 20.4 Å². The van der Waals surface area contributed by atoms with Crippen LogP contribution in [0.2, 0.25) is 0 Å². The van der Waals surface area contributed by atoms with Crippen LogP contribution in [0.25, 0.3) is 11.1 Å². The van der Waals surface area contributed by atoms with Crippen LogP contribution in [0.5, 0.6) is 0 Å². The fourth-order valence-electron chi connectivity index (χ4n) is 2.35. The van der Waals surface area contributed by atoms with E-state index >= 15 is 0 Å². The monoisotopic (exact) mass is 312 g/mol. The molecule has 112 valence electrons. The summed E-state index contributed by atoms with van der Waals surface area (Å²) in [4.78, 5) is 13.6. The molecule has 3 aromatic rings. The van der Waals surface area contributed by atoms with Gasteiger partial charge in [0.1, 0.15) is 11.5 Å². The molecule has 0 atom stereocenters. The Kier molecular flexibility index (Phi) is 4.06. The molecule has 22 heavy (non-hydrogen) atoms. The van der Waals surface area contributed by atoms with Crippen molar-refractivity contribution in [3.8, 4) is 11.1 Å². The lowest BCUT2D eigenvalue weighted by Gasteiger charge is -2.06. The Morgan fingerprint density at radius 2 is 2.05 bits per heavy atom. The van der Waals surface area contributed by atoms with Crippen LogP contribution in [0.4, 0.5) is 0 Å². The molecule has 0 bridgehead atoms. The van der Waals surface area contributed by atoms with Gasteiger partial charge in [-0.15, -0.1) is 11.3 Å². The number of aromatic nitrogens is 1. The van der Waals surface area contributed by atoms with Crippen molar-refractivity contribution in [3.63, 3.8) is 0 Å². The Bertz CT molecular complexity index is 790. The van der Waals surface area contributed by atoms with Crippen molar-refractivity contribution in [2.24, 2.45) is 0 Å². The number of hydrogen-bond acceptors (Lipinski definition) is 4. The van der Waals surface area contributed by atoms with E-state index in [-0.39, 0.29) is 5.91 Å². The Morgan fingerprint density at radius 1 is 1.27 bits per heavy atom. The fourth-order valence-corrected chi connectivity index (χ4v) is 3.22. The third-order valence-electron chi connectivity index (χ3n) is 3.39. The molecule has 0 saturated carbocycles. The summed E-state index contributed by atoms with van der Waals surface area (Å²) >= 11 is 1.58. The first-order valence-corrected chi connectivity index (χ1v) is 7.87. The summed E-state index contributed by atoms with van der Waals surface area (Å²) in [5, 5.41) is 8.68. The summed E-state index contributed by atoms with van der Waals surface area (Å²) in [7, 11) is 0. The SMILES string of the molecule is Cc1cc(CNC(=O)c2csc(C)c2-c2ccccc2)no1. The normalized spacial score (nSPS) is 10.6. The average molecular weight is 312 g/mol. The standard InChI is InChI=1S/C17H16N2O2S/c1-11-8-14(19-21-11)9-18-17(20)15-10-22-12(2)16(15)13-6-4-3-5-7-13/h3-8,10H,9H2,1-2H3,(H,18,20). The van der Waals surface area contributed by atoms with Crippen LogP contribution >= 0.6 is 11.3 Å². The average Bonchev–Trinajstić information content (AvgIpc) is 3.11. The number of benzene rings is 1. The molecule has 0 radical (unpaired) electrons. The van der Waals surface area contributed by atoms with Gasteiger partial charge in [0.15, 0.2) is 0 Å². The molecule has 0 aliphatic carbocycles. The smallest absolute Gasteiger partial charge is 0.253 e. The Hall–Kier alpha value is -2.40. The Morgan fingerprint density at radius 3 is 2.73 bits per heavy atom. The molecular weight excluding hydrogens is 296 g/mol. The molecule has 1 aromatic carbocycles. The lowest BCUT2D eigenvalue weighted by Crippen LogP contribution is -2.23. The second-order valence-corrected chi connectivity index (χ2v) is 6.14. The molecule has 0 spiro atoms. The molecule has 2 aromatic heterocycles. The molecule has 0 aliphatic rings.